The molecule has 126 valence electrons. The second kappa shape index (κ2) is 6.05. The number of hydrogen-bond donors (Lipinski definition) is 2. The molecule has 0 atom stereocenters. The molecule has 1 aromatic carbocycles. The molecular weight excluding hydrogens is 314 g/mol. The predicted molar refractivity (Wildman–Crippen MR) is 101 cm³/mol. The Kier molecular flexibility index (Phi) is 3.72. The van der Waals surface area contributed by atoms with E-state index in [1.54, 1.807) is 4.57 Å². The molecule has 2 N–H and O–H groups in total. The Hall–Kier alpha value is -3.15. The average Bonchev–Trinajstić information content (AvgIpc) is 3.15. The lowest BCUT2D eigenvalue weighted by Crippen LogP contribution is -2.32. The number of anilines is 1. The zero-order valence-electron chi connectivity index (χ0n) is 14.2. The van der Waals surface area contributed by atoms with E-state index in [0.29, 0.717) is 23.6 Å². The number of nitrogens with one attached hydrogen (secondary N) is 2. The molecule has 6 heteroatoms. The maximum Gasteiger partial charge on any atom is 0.269 e. The molecule has 2 aromatic heterocycles. The monoisotopic (exact) mass is 333 g/mol. The highest BCUT2D eigenvalue weighted by Gasteiger charge is 2.23. The van der Waals surface area contributed by atoms with Gasteiger partial charge in [-0.25, -0.2) is 4.98 Å². The Morgan fingerprint density at radius 2 is 1.96 bits per heavy atom. The molecule has 6 nitrogen and oxygen atoms in total. The molecule has 0 radical (unpaired) electrons. The Bertz CT molecular complexity index is 1040. The van der Waals surface area contributed by atoms with Crippen LogP contribution in [0.25, 0.3) is 16.7 Å². The van der Waals surface area contributed by atoms with E-state index in [1.165, 1.54) is 0 Å². The van der Waals surface area contributed by atoms with E-state index in [4.69, 9.17) is 0 Å². The normalized spacial score (nSPS) is 13.6. The second-order valence-corrected chi connectivity index (χ2v) is 5.96. The van der Waals surface area contributed by atoms with Gasteiger partial charge in [0.2, 0.25) is 0 Å². The SMILES string of the molecule is CNc1c(C2=NCCN2)c(=O)n(-c2ccccc2)c2nc(C)ccc12. The Morgan fingerprint density at radius 1 is 1.16 bits per heavy atom. The molecule has 0 unspecified atom stereocenters. The summed E-state index contributed by atoms with van der Waals surface area (Å²) in [6.45, 7) is 3.34. The minimum Gasteiger partial charge on any atom is -0.387 e. The van der Waals surface area contributed by atoms with Crippen LogP contribution in [0.3, 0.4) is 0 Å². The third-order valence-corrected chi connectivity index (χ3v) is 4.34. The number of nitrogens with zero attached hydrogens (tertiary/aromatic N) is 3. The number of rotatable bonds is 3. The molecule has 0 bridgehead atoms. The topological polar surface area (TPSA) is 71.3 Å². The molecule has 0 amide bonds. The zero-order chi connectivity index (χ0) is 17.4. The van der Waals surface area contributed by atoms with Crippen LogP contribution in [0.5, 0.6) is 0 Å². The molecule has 3 heterocycles. The molecular formula is C19H19N5O. The first-order valence-electron chi connectivity index (χ1n) is 8.29. The summed E-state index contributed by atoms with van der Waals surface area (Å²) in [7, 11) is 1.82. The molecule has 1 aliphatic heterocycles. The van der Waals surface area contributed by atoms with Gasteiger partial charge in [0.25, 0.3) is 5.56 Å². The van der Waals surface area contributed by atoms with Crippen molar-refractivity contribution in [1.82, 2.24) is 14.9 Å². The van der Waals surface area contributed by atoms with Gasteiger partial charge in [0.15, 0.2) is 0 Å². The van der Waals surface area contributed by atoms with Gasteiger partial charge in [-0.15, -0.1) is 0 Å². The lowest BCUT2D eigenvalue weighted by molar-refractivity contribution is 0.955. The highest BCUT2D eigenvalue weighted by atomic mass is 16.1. The maximum absolute atomic E-state index is 13.4. The summed E-state index contributed by atoms with van der Waals surface area (Å²) in [6.07, 6.45) is 0. The summed E-state index contributed by atoms with van der Waals surface area (Å²) in [5, 5.41) is 7.29. The number of hydrogen-bond acceptors (Lipinski definition) is 5. The highest BCUT2D eigenvalue weighted by Crippen LogP contribution is 2.26. The second-order valence-electron chi connectivity index (χ2n) is 5.96. The molecule has 0 saturated carbocycles. The molecule has 0 aliphatic carbocycles. The van der Waals surface area contributed by atoms with Crippen LogP contribution in [-0.2, 0) is 0 Å². The van der Waals surface area contributed by atoms with Gasteiger partial charge in [-0.1, -0.05) is 18.2 Å². The highest BCUT2D eigenvalue weighted by molar-refractivity contribution is 6.09. The van der Waals surface area contributed by atoms with E-state index < -0.39 is 0 Å². The Labute approximate surface area is 145 Å². The van der Waals surface area contributed by atoms with E-state index in [-0.39, 0.29) is 5.56 Å². The minimum atomic E-state index is -0.130. The summed E-state index contributed by atoms with van der Waals surface area (Å²) in [5.41, 5.74) is 3.48. The van der Waals surface area contributed by atoms with Crippen molar-refractivity contribution < 1.29 is 0 Å². The molecule has 0 saturated heterocycles. The van der Waals surface area contributed by atoms with Crippen LogP contribution in [0.1, 0.15) is 11.3 Å². The standard InChI is InChI=1S/C19H19N5O/c1-12-8-9-14-16(20-2)15(17-21-10-11-22-17)19(25)24(18(14)23-12)13-6-4-3-5-7-13/h3-9,20H,10-11H2,1-2H3,(H,21,22). The molecule has 0 spiro atoms. The van der Waals surface area contributed by atoms with Crippen LogP contribution in [0, 0.1) is 6.92 Å². The summed E-state index contributed by atoms with van der Waals surface area (Å²) < 4.78 is 1.67. The van der Waals surface area contributed by atoms with E-state index in [1.807, 2.05) is 56.4 Å². The third kappa shape index (κ3) is 2.46. The average molecular weight is 333 g/mol. The van der Waals surface area contributed by atoms with Gasteiger partial charge in [-0.05, 0) is 31.2 Å². The number of pyridine rings is 2. The van der Waals surface area contributed by atoms with Gasteiger partial charge in [-0.2, -0.15) is 0 Å². The first-order valence-corrected chi connectivity index (χ1v) is 8.29. The van der Waals surface area contributed by atoms with Gasteiger partial charge < -0.3 is 10.6 Å². The van der Waals surface area contributed by atoms with Gasteiger partial charge in [0.1, 0.15) is 17.0 Å². The molecule has 3 aromatic rings. The van der Waals surface area contributed by atoms with Crippen molar-refractivity contribution in [3.63, 3.8) is 0 Å². The van der Waals surface area contributed by atoms with Crippen molar-refractivity contribution in [1.29, 1.82) is 0 Å². The Morgan fingerprint density at radius 3 is 2.64 bits per heavy atom. The van der Waals surface area contributed by atoms with Crippen molar-refractivity contribution in [3.05, 3.63) is 64.1 Å². The van der Waals surface area contributed by atoms with Gasteiger partial charge in [0, 0.05) is 24.7 Å². The molecule has 4 rings (SSSR count). The van der Waals surface area contributed by atoms with Crippen LogP contribution >= 0.6 is 0 Å². The summed E-state index contributed by atoms with van der Waals surface area (Å²) in [6, 6.07) is 13.6. The summed E-state index contributed by atoms with van der Waals surface area (Å²) in [4.78, 5) is 22.5. The number of amidine groups is 1. The zero-order valence-corrected chi connectivity index (χ0v) is 14.2. The quantitative estimate of drug-likeness (QED) is 0.770. The number of aryl methyl sites for hydroxylation is 1. The summed E-state index contributed by atoms with van der Waals surface area (Å²) in [5.74, 6) is 0.640. The fraction of sp³-hybridized carbons (Fsp3) is 0.211. The van der Waals surface area contributed by atoms with Crippen molar-refractivity contribution in [2.45, 2.75) is 6.92 Å². The van der Waals surface area contributed by atoms with Crippen molar-refractivity contribution in [2.75, 3.05) is 25.5 Å². The number of para-hydroxylation sites is 1. The summed E-state index contributed by atoms with van der Waals surface area (Å²) >= 11 is 0. The minimum absolute atomic E-state index is 0.130. The number of benzene rings is 1. The number of fused-ring (bicyclic) bond motifs is 1. The van der Waals surface area contributed by atoms with Gasteiger partial charge in [-0.3, -0.25) is 14.4 Å². The smallest absolute Gasteiger partial charge is 0.269 e. The fourth-order valence-electron chi connectivity index (χ4n) is 3.22. The fourth-order valence-corrected chi connectivity index (χ4v) is 3.22. The first-order chi connectivity index (χ1) is 12.2. The predicted octanol–water partition coefficient (Wildman–Crippen LogP) is 2.09. The van der Waals surface area contributed by atoms with E-state index >= 15 is 0 Å². The van der Waals surface area contributed by atoms with Crippen molar-refractivity contribution >= 4 is 22.6 Å². The molecule has 0 fully saturated rings. The van der Waals surface area contributed by atoms with Crippen LogP contribution in [0.2, 0.25) is 0 Å². The molecule has 1 aliphatic rings. The first kappa shape index (κ1) is 15.4. The number of aromatic nitrogens is 2. The van der Waals surface area contributed by atoms with E-state index in [2.05, 4.69) is 20.6 Å². The van der Waals surface area contributed by atoms with Crippen LogP contribution in [-0.4, -0.2) is 35.5 Å². The maximum atomic E-state index is 13.4. The van der Waals surface area contributed by atoms with Crippen LogP contribution in [0.4, 0.5) is 5.69 Å². The van der Waals surface area contributed by atoms with Crippen LogP contribution in [0.15, 0.2) is 52.3 Å². The third-order valence-electron chi connectivity index (χ3n) is 4.34. The number of aliphatic imine (C=N–C) groups is 1. The molecule has 25 heavy (non-hydrogen) atoms. The largest absolute Gasteiger partial charge is 0.387 e. The van der Waals surface area contributed by atoms with Crippen molar-refractivity contribution in [3.8, 4) is 5.69 Å². The van der Waals surface area contributed by atoms with Gasteiger partial charge >= 0.3 is 0 Å². The van der Waals surface area contributed by atoms with E-state index in [9.17, 15) is 4.79 Å². The lowest BCUT2D eigenvalue weighted by atomic mass is 10.1. The van der Waals surface area contributed by atoms with E-state index in [0.717, 1.165) is 29.0 Å². The van der Waals surface area contributed by atoms with Gasteiger partial charge in [0.05, 0.1) is 17.9 Å². The van der Waals surface area contributed by atoms with Crippen LogP contribution < -0.4 is 16.2 Å². The van der Waals surface area contributed by atoms with Crippen molar-refractivity contribution in [2.24, 2.45) is 4.99 Å². The Balaban J connectivity index is 2.18. The lowest BCUT2D eigenvalue weighted by Gasteiger charge is -2.17.